The summed E-state index contributed by atoms with van der Waals surface area (Å²) in [5.41, 5.74) is 8.42. The van der Waals surface area contributed by atoms with Crippen LogP contribution >= 0.6 is 0 Å². The molecule has 0 rings (SSSR count). The Hall–Kier alpha value is -11.3. The summed E-state index contributed by atoms with van der Waals surface area (Å²) in [6, 6.07) is -9.38. The van der Waals surface area contributed by atoms with Crippen LogP contribution in [0.5, 0.6) is 0 Å². The predicted octanol–water partition coefficient (Wildman–Crippen LogP) is -0.203. The van der Waals surface area contributed by atoms with Crippen molar-refractivity contribution in [3.8, 4) is 0 Å². The first-order valence-electron chi connectivity index (χ1n) is 38.3. The zero-order valence-electron chi connectivity index (χ0n) is 66.0. The standard InChI is InChI=1S/C73H111N11O34/c1-43(85)19-20-59(92)80-52(39-67(105)106)56(89)32-46(35-63(97)98)70(110)81-50(37-65(101)102)54(87)17-14-26-116-28-30-118-42-61(94)78-48(72(112)76-23-11-8-6-4-3-5-7-9-18-58(91)79-49(73(113)114)21-24-77-84-74)15-10-12-22-75-60(93)41-117-29-27-115-25-13-16-55(88)51(38-66(103)104)82-71(111)47(36-64(99)100)33-57(90)53(40-68(107)108)83-69(109)45(31-44(2)86)34-62(95)96/h45-53H,3-42H2,1-2H3,(H,75,93)(H,76,112)(H,78,94)(H,79,91)(H,80,92)(H,81,110)(H,82,111)(H,83,109)(H,95,96)(H,97,98)(H,99,100)(H,101,102)(H,103,104)(H,105,106)(H,107,108)(H,113,114). The Morgan fingerprint density at radius 1 is 0.305 bits per heavy atom. The average Bonchev–Trinajstić information content (AvgIpc) is 0.861. The first-order chi connectivity index (χ1) is 55.7. The van der Waals surface area contributed by atoms with Gasteiger partial charge in [-0.2, -0.15) is 0 Å². The topological polar surface area (TPSA) is 719 Å². The maximum atomic E-state index is 13.5. The Morgan fingerprint density at radius 2 is 0.669 bits per heavy atom. The monoisotopic (exact) mass is 1690 g/mol. The lowest BCUT2D eigenvalue weighted by molar-refractivity contribution is -0.145. The minimum atomic E-state index is -1.94. The third-order valence-electron chi connectivity index (χ3n) is 17.2. The number of hydrogen-bond donors (Lipinski definition) is 16. The van der Waals surface area contributed by atoms with Crippen molar-refractivity contribution in [3.63, 3.8) is 0 Å². The van der Waals surface area contributed by atoms with Gasteiger partial charge in [0.05, 0.1) is 113 Å². The van der Waals surface area contributed by atoms with E-state index in [-0.39, 0.29) is 110 Å². The maximum Gasteiger partial charge on any atom is 0.326 e. The summed E-state index contributed by atoms with van der Waals surface area (Å²) >= 11 is 0. The van der Waals surface area contributed by atoms with Gasteiger partial charge in [-0.25, -0.2) is 4.79 Å². The Labute approximate surface area is 677 Å². The third kappa shape index (κ3) is 55.3. The van der Waals surface area contributed by atoms with Crippen molar-refractivity contribution in [1.82, 2.24) is 42.5 Å². The smallest absolute Gasteiger partial charge is 0.326 e. The molecule has 9 atom stereocenters. The number of nitrogens with zero attached hydrogens (tertiary/aromatic N) is 3. The highest BCUT2D eigenvalue weighted by Gasteiger charge is 2.37. The number of carbonyl (C=O) groups is 22. The number of ketones is 6. The molecule has 0 bridgehead atoms. The third-order valence-corrected chi connectivity index (χ3v) is 17.2. The van der Waals surface area contributed by atoms with Crippen LogP contribution < -0.4 is 42.5 Å². The van der Waals surface area contributed by atoms with E-state index in [9.17, 15) is 146 Å². The number of aliphatic carboxylic acids is 8. The number of azide groups is 1. The van der Waals surface area contributed by atoms with E-state index in [0.717, 1.165) is 45.4 Å². The summed E-state index contributed by atoms with van der Waals surface area (Å²) in [5, 5.41) is 97.7. The fourth-order valence-electron chi connectivity index (χ4n) is 11.3. The maximum absolute atomic E-state index is 13.5. The zero-order chi connectivity index (χ0) is 89.1. The second kappa shape index (κ2) is 62.9. The van der Waals surface area contributed by atoms with Gasteiger partial charge >= 0.3 is 47.8 Å². The molecule has 0 aromatic heterocycles. The summed E-state index contributed by atoms with van der Waals surface area (Å²) in [6.07, 6.45) is -4.33. The van der Waals surface area contributed by atoms with Gasteiger partial charge in [-0.3, -0.25) is 91.1 Å². The van der Waals surface area contributed by atoms with Crippen molar-refractivity contribution in [3.05, 3.63) is 10.4 Å². The molecule has 0 saturated heterocycles. The molecule has 662 valence electrons. The van der Waals surface area contributed by atoms with E-state index < -0.39 is 268 Å². The molecule has 0 aromatic rings. The van der Waals surface area contributed by atoms with Gasteiger partial charge in [-0.1, -0.05) is 43.6 Å². The highest BCUT2D eigenvalue weighted by atomic mass is 16.5. The average molecular weight is 1690 g/mol. The van der Waals surface area contributed by atoms with E-state index >= 15 is 0 Å². The van der Waals surface area contributed by atoms with Gasteiger partial charge in [-0.15, -0.1) is 0 Å². The molecule has 0 aliphatic carbocycles. The van der Waals surface area contributed by atoms with Crippen LogP contribution in [0.3, 0.4) is 0 Å². The molecule has 45 heteroatoms. The summed E-state index contributed by atoms with van der Waals surface area (Å²) in [5.74, 6) is -29.1. The highest BCUT2D eigenvalue weighted by Crippen LogP contribution is 2.20. The lowest BCUT2D eigenvalue weighted by Gasteiger charge is -2.23. The van der Waals surface area contributed by atoms with Crippen molar-refractivity contribution in [2.75, 3.05) is 72.5 Å². The molecular formula is C73H111N11O34. The van der Waals surface area contributed by atoms with Crippen LogP contribution in [-0.4, -0.2) is 279 Å². The summed E-state index contributed by atoms with van der Waals surface area (Å²) < 4.78 is 21.7. The van der Waals surface area contributed by atoms with Gasteiger partial charge in [-0.05, 0) is 70.7 Å². The molecule has 0 aliphatic heterocycles. The van der Waals surface area contributed by atoms with Crippen LogP contribution in [0.4, 0.5) is 0 Å². The van der Waals surface area contributed by atoms with Crippen LogP contribution in [0.2, 0.25) is 0 Å². The van der Waals surface area contributed by atoms with E-state index in [4.69, 9.17) is 24.5 Å². The summed E-state index contributed by atoms with van der Waals surface area (Å²) in [6.45, 7) is 0.788. The number of Topliss-reactive ketones (excluding diaryl/α,β-unsaturated/α-hetero) is 6. The van der Waals surface area contributed by atoms with E-state index in [0.29, 0.717) is 25.7 Å². The molecule has 0 aliphatic rings. The van der Waals surface area contributed by atoms with E-state index in [2.05, 4.69) is 52.6 Å². The molecular weight excluding hydrogens is 1570 g/mol. The Bertz CT molecular complexity index is 3440. The van der Waals surface area contributed by atoms with Crippen LogP contribution in [0.1, 0.15) is 200 Å². The molecule has 0 spiro atoms. The number of carboxylic acid groups (broad SMARTS) is 8. The summed E-state index contributed by atoms with van der Waals surface area (Å²) in [7, 11) is 0. The van der Waals surface area contributed by atoms with Gasteiger partial charge < -0.3 is 112 Å². The molecule has 16 N–H and O–H groups in total. The number of unbranched alkanes of at least 4 members (excludes halogenated alkanes) is 8. The molecule has 9 unspecified atom stereocenters. The van der Waals surface area contributed by atoms with Crippen LogP contribution in [0.15, 0.2) is 5.11 Å². The molecule has 0 heterocycles. The first kappa shape index (κ1) is 107. The number of hydrogen-bond acceptors (Lipinski definition) is 27. The van der Waals surface area contributed by atoms with Gasteiger partial charge in [0.15, 0.2) is 23.1 Å². The van der Waals surface area contributed by atoms with Gasteiger partial charge in [0.1, 0.15) is 36.9 Å². The Balaban J connectivity index is 5.58. The number of carbonyl (C=O) groups excluding carboxylic acids is 14. The second-order valence-corrected chi connectivity index (χ2v) is 27.5. The molecule has 0 radical (unpaired) electrons. The van der Waals surface area contributed by atoms with Gasteiger partial charge in [0.2, 0.25) is 47.3 Å². The SMILES string of the molecule is CC(=O)CCC(=O)NC(CC(=O)O)C(=O)CC(CC(=O)O)C(=O)NC(CC(=O)O)C(=O)CCCOCCOCC(=O)NC(CCCCNC(=O)COCCOCCCC(=O)C(CC(=O)O)NC(=O)C(CC(=O)O)CC(=O)C(CC(=O)O)NC(=O)C(CC(C)=O)CC(=O)O)C(=O)NCCCCCCCCCCC(=O)NC(CCN=[N+]=[N-])C(=O)O. The number of ether oxygens (including phenoxy) is 4. The first-order valence-corrected chi connectivity index (χ1v) is 38.3. The van der Waals surface area contributed by atoms with E-state index in [1.54, 1.807) is 0 Å². The van der Waals surface area contributed by atoms with Crippen molar-refractivity contribution in [1.29, 1.82) is 0 Å². The predicted molar refractivity (Wildman–Crippen MR) is 402 cm³/mol. The molecule has 0 aromatic carbocycles. The van der Waals surface area contributed by atoms with Crippen LogP contribution in [0, 0.1) is 17.8 Å². The van der Waals surface area contributed by atoms with E-state index in [1.165, 1.54) is 6.92 Å². The van der Waals surface area contributed by atoms with E-state index in [1.807, 2.05) is 0 Å². The molecule has 0 fully saturated rings. The van der Waals surface area contributed by atoms with Crippen LogP contribution in [0.25, 0.3) is 10.4 Å². The molecule has 118 heavy (non-hydrogen) atoms. The second-order valence-electron chi connectivity index (χ2n) is 27.5. The molecule has 8 amide bonds. The quantitative estimate of drug-likeness (QED) is 0.0162. The molecule has 45 nitrogen and oxygen atoms in total. The molecule has 0 saturated carbocycles. The zero-order valence-corrected chi connectivity index (χ0v) is 66.0. The van der Waals surface area contributed by atoms with Gasteiger partial charge in [0, 0.05) is 89.1 Å². The number of carboxylic acids is 8. The Kier molecular flexibility index (Phi) is 56.9. The van der Waals surface area contributed by atoms with Crippen molar-refractivity contribution >= 4 is 130 Å². The number of amides is 8. The number of nitrogens with one attached hydrogen (secondary N) is 8. The van der Waals surface area contributed by atoms with Crippen molar-refractivity contribution in [2.45, 2.75) is 236 Å². The summed E-state index contributed by atoms with van der Waals surface area (Å²) in [4.78, 5) is 275. The fourth-order valence-corrected chi connectivity index (χ4v) is 11.3. The minimum absolute atomic E-state index is 0.0408. The minimum Gasteiger partial charge on any atom is -0.481 e. The van der Waals surface area contributed by atoms with Crippen molar-refractivity contribution in [2.24, 2.45) is 22.9 Å². The van der Waals surface area contributed by atoms with Crippen molar-refractivity contribution < 1.29 is 165 Å². The normalized spacial score (nSPS) is 13.2. The lowest BCUT2D eigenvalue weighted by Crippen LogP contribution is -2.48. The van der Waals surface area contributed by atoms with Gasteiger partial charge in [0.25, 0.3) is 0 Å². The fraction of sp³-hybridized carbons (Fsp3) is 0.699. The Morgan fingerprint density at radius 3 is 1.09 bits per heavy atom. The largest absolute Gasteiger partial charge is 0.481 e. The number of rotatable bonds is 75. The van der Waals surface area contributed by atoms with Crippen LogP contribution in [-0.2, 0) is 124 Å². The highest BCUT2D eigenvalue weighted by molar-refractivity contribution is 6.00. The lowest BCUT2D eigenvalue weighted by atomic mass is 9.91.